The lowest BCUT2D eigenvalue weighted by Crippen LogP contribution is -2.09. The average molecular weight is 298 g/mol. The lowest BCUT2D eigenvalue weighted by atomic mass is 9.98. The highest BCUT2D eigenvalue weighted by molar-refractivity contribution is 5.28. The first-order valence-electron chi connectivity index (χ1n) is 7.83. The SMILES string of the molecule is CCC(O)CC.OC1CCCCC1.Oc1ccc(O)cc1. The Morgan fingerprint density at radius 3 is 1.48 bits per heavy atom. The fourth-order valence-corrected chi connectivity index (χ4v) is 1.82. The Kier molecular flexibility index (Phi) is 11.7. The summed E-state index contributed by atoms with van der Waals surface area (Å²) in [5.74, 6) is 0.339. The van der Waals surface area contributed by atoms with Crippen LogP contribution in [0.25, 0.3) is 0 Å². The van der Waals surface area contributed by atoms with E-state index in [2.05, 4.69) is 0 Å². The molecule has 4 N–H and O–H groups in total. The zero-order chi connectivity index (χ0) is 16.1. The van der Waals surface area contributed by atoms with Gasteiger partial charge >= 0.3 is 0 Å². The largest absolute Gasteiger partial charge is 0.508 e. The molecule has 0 saturated heterocycles. The van der Waals surface area contributed by atoms with Gasteiger partial charge in [0.15, 0.2) is 0 Å². The van der Waals surface area contributed by atoms with Crippen molar-refractivity contribution in [3.8, 4) is 11.5 Å². The first-order valence-corrected chi connectivity index (χ1v) is 7.83. The number of aliphatic hydroxyl groups excluding tert-OH is 2. The molecular formula is C17H30O4. The number of aromatic hydroxyl groups is 2. The first kappa shape index (κ1) is 19.7. The molecule has 0 spiro atoms. The molecule has 2 rings (SSSR count). The first-order chi connectivity index (χ1) is 9.99. The third-order valence-electron chi connectivity index (χ3n) is 3.37. The summed E-state index contributed by atoms with van der Waals surface area (Å²) < 4.78 is 0. The van der Waals surface area contributed by atoms with E-state index in [0.29, 0.717) is 0 Å². The standard InChI is InChI=1S/C6H6O2.C6H12O.C5H12O/c7-5-1-2-6(8)4-3-5;7-6-4-2-1-3-5-6;1-3-5(6)4-2/h1-4,7-8H;6-7H,1-5H2;5-6H,3-4H2,1-2H3. The third-order valence-corrected chi connectivity index (χ3v) is 3.37. The van der Waals surface area contributed by atoms with Crippen LogP contribution in [0, 0.1) is 0 Å². The van der Waals surface area contributed by atoms with Gasteiger partial charge in [-0.1, -0.05) is 33.1 Å². The van der Waals surface area contributed by atoms with Crippen molar-refractivity contribution in [1.29, 1.82) is 0 Å². The zero-order valence-corrected chi connectivity index (χ0v) is 13.2. The topological polar surface area (TPSA) is 80.9 Å². The van der Waals surface area contributed by atoms with Crippen molar-refractivity contribution in [2.75, 3.05) is 0 Å². The summed E-state index contributed by atoms with van der Waals surface area (Å²) in [5, 5.41) is 34.9. The lowest BCUT2D eigenvalue weighted by molar-refractivity contribution is 0.130. The van der Waals surface area contributed by atoms with E-state index in [0.717, 1.165) is 25.7 Å². The number of phenols is 2. The van der Waals surface area contributed by atoms with Gasteiger partial charge in [-0.2, -0.15) is 0 Å². The minimum atomic E-state index is -0.0648. The van der Waals surface area contributed by atoms with Crippen molar-refractivity contribution in [3.63, 3.8) is 0 Å². The molecule has 0 aliphatic heterocycles. The molecule has 0 radical (unpaired) electrons. The minimum absolute atomic E-state index is 0.0359. The van der Waals surface area contributed by atoms with Crippen LogP contribution in [0.2, 0.25) is 0 Å². The van der Waals surface area contributed by atoms with Crippen LogP contribution in [0.5, 0.6) is 11.5 Å². The molecule has 1 aromatic rings. The van der Waals surface area contributed by atoms with Gasteiger partial charge in [0.2, 0.25) is 0 Å². The van der Waals surface area contributed by atoms with Crippen LogP contribution in [0.4, 0.5) is 0 Å². The van der Waals surface area contributed by atoms with Gasteiger partial charge in [0.1, 0.15) is 11.5 Å². The van der Waals surface area contributed by atoms with Gasteiger partial charge in [0, 0.05) is 0 Å². The van der Waals surface area contributed by atoms with Gasteiger partial charge in [0.05, 0.1) is 12.2 Å². The maximum absolute atomic E-state index is 8.91. The summed E-state index contributed by atoms with van der Waals surface area (Å²) in [5.41, 5.74) is 0. The summed E-state index contributed by atoms with van der Waals surface area (Å²) in [6, 6.07) is 5.70. The van der Waals surface area contributed by atoms with E-state index >= 15 is 0 Å². The van der Waals surface area contributed by atoms with Crippen LogP contribution < -0.4 is 0 Å². The number of benzene rings is 1. The quantitative estimate of drug-likeness (QED) is 0.629. The highest BCUT2D eigenvalue weighted by atomic mass is 16.3. The van der Waals surface area contributed by atoms with Crippen molar-refractivity contribution in [2.45, 2.75) is 71.0 Å². The van der Waals surface area contributed by atoms with Gasteiger partial charge in [0.25, 0.3) is 0 Å². The zero-order valence-electron chi connectivity index (χ0n) is 13.2. The summed E-state index contributed by atoms with van der Waals surface area (Å²) in [4.78, 5) is 0. The van der Waals surface area contributed by atoms with Crippen LogP contribution in [0.1, 0.15) is 58.8 Å². The van der Waals surface area contributed by atoms with E-state index < -0.39 is 0 Å². The number of phenolic OH excluding ortho intramolecular Hbond substituents is 2. The second kappa shape index (κ2) is 12.5. The Balaban J connectivity index is 0.000000290. The fourth-order valence-electron chi connectivity index (χ4n) is 1.82. The Morgan fingerprint density at radius 1 is 0.905 bits per heavy atom. The molecule has 122 valence electrons. The lowest BCUT2D eigenvalue weighted by Gasteiger charge is -2.14. The van der Waals surface area contributed by atoms with E-state index in [-0.39, 0.29) is 23.7 Å². The summed E-state index contributed by atoms with van der Waals surface area (Å²) in [6.07, 6.45) is 7.63. The van der Waals surface area contributed by atoms with Crippen molar-refractivity contribution >= 4 is 0 Å². The van der Waals surface area contributed by atoms with Crippen LogP contribution >= 0.6 is 0 Å². The number of rotatable bonds is 2. The smallest absolute Gasteiger partial charge is 0.115 e. The molecule has 21 heavy (non-hydrogen) atoms. The molecule has 0 atom stereocenters. The molecule has 0 heterocycles. The van der Waals surface area contributed by atoms with E-state index in [1.165, 1.54) is 43.5 Å². The summed E-state index contributed by atoms with van der Waals surface area (Å²) in [7, 11) is 0. The maximum atomic E-state index is 8.91. The van der Waals surface area contributed by atoms with Gasteiger partial charge in [-0.3, -0.25) is 0 Å². The van der Waals surface area contributed by atoms with Crippen molar-refractivity contribution in [1.82, 2.24) is 0 Å². The Bertz CT molecular complexity index is 306. The molecule has 1 saturated carbocycles. The number of hydrogen-bond donors (Lipinski definition) is 4. The molecule has 1 fully saturated rings. The van der Waals surface area contributed by atoms with Gasteiger partial charge < -0.3 is 20.4 Å². The maximum Gasteiger partial charge on any atom is 0.115 e. The average Bonchev–Trinajstić information content (AvgIpc) is 2.51. The molecule has 0 unspecified atom stereocenters. The minimum Gasteiger partial charge on any atom is -0.508 e. The van der Waals surface area contributed by atoms with Gasteiger partial charge in [-0.15, -0.1) is 0 Å². The van der Waals surface area contributed by atoms with E-state index in [4.69, 9.17) is 20.4 Å². The molecule has 4 heteroatoms. The number of aliphatic hydroxyl groups is 2. The Labute approximate surface area is 128 Å². The second-order valence-electron chi connectivity index (χ2n) is 5.28. The highest BCUT2D eigenvalue weighted by Crippen LogP contribution is 2.16. The van der Waals surface area contributed by atoms with Crippen LogP contribution in [-0.4, -0.2) is 32.6 Å². The van der Waals surface area contributed by atoms with E-state index in [9.17, 15) is 0 Å². The van der Waals surface area contributed by atoms with E-state index in [1.807, 2.05) is 13.8 Å². The highest BCUT2D eigenvalue weighted by Gasteiger charge is 2.07. The van der Waals surface area contributed by atoms with Gasteiger partial charge in [-0.25, -0.2) is 0 Å². The third kappa shape index (κ3) is 12.2. The molecule has 0 aromatic heterocycles. The Morgan fingerprint density at radius 2 is 1.29 bits per heavy atom. The van der Waals surface area contributed by atoms with Crippen LogP contribution in [0.15, 0.2) is 24.3 Å². The molecular weight excluding hydrogens is 268 g/mol. The van der Waals surface area contributed by atoms with Gasteiger partial charge in [-0.05, 0) is 49.9 Å². The van der Waals surface area contributed by atoms with Crippen molar-refractivity contribution in [3.05, 3.63) is 24.3 Å². The van der Waals surface area contributed by atoms with Crippen molar-refractivity contribution < 1.29 is 20.4 Å². The summed E-state index contributed by atoms with van der Waals surface area (Å²) in [6.45, 7) is 3.96. The molecule has 1 aliphatic rings. The predicted octanol–water partition coefficient (Wildman–Crippen LogP) is 3.58. The molecule has 0 bridgehead atoms. The Hall–Kier alpha value is -1.26. The molecule has 4 nitrogen and oxygen atoms in total. The van der Waals surface area contributed by atoms with E-state index in [1.54, 1.807) is 0 Å². The predicted molar refractivity (Wildman–Crippen MR) is 85.5 cm³/mol. The molecule has 1 aromatic carbocycles. The van der Waals surface area contributed by atoms with Crippen molar-refractivity contribution in [2.24, 2.45) is 0 Å². The molecule has 0 amide bonds. The second-order valence-corrected chi connectivity index (χ2v) is 5.28. The number of hydrogen-bond acceptors (Lipinski definition) is 4. The summed E-state index contributed by atoms with van der Waals surface area (Å²) >= 11 is 0. The molecule has 1 aliphatic carbocycles. The van der Waals surface area contributed by atoms with Crippen LogP contribution in [0.3, 0.4) is 0 Å². The monoisotopic (exact) mass is 298 g/mol. The normalized spacial score (nSPS) is 14.7. The van der Waals surface area contributed by atoms with Crippen LogP contribution in [-0.2, 0) is 0 Å². The fraction of sp³-hybridized carbons (Fsp3) is 0.647.